The summed E-state index contributed by atoms with van der Waals surface area (Å²) in [4.78, 5) is 9.93. The van der Waals surface area contributed by atoms with Crippen molar-refractivity contribution in [1.29, 1.82) is 0 Å². The van der Waals surface area contributed by atoms with Crippen LogP contribution in [0, 0.1) is 0 Å². The Hall–Kier alpha value is -0.660. The van der Waals surface area contributed by atoms with Gasteiger partial charge in [-0.2, -0.15) is 8.42 Å². The van der Waals surface area contributed by atoms with E-state index in [1.165, 1.54) is 0 Å². The number of carbonyl (C=O) groups excluding carboxylic acids is 1. The number of rotatable bonds is 2. The van der Waals surface area contributed by atoms with Crippen molar-refractivity contribution in [3.8, 4) is 0 Å². The first-order valence-corrected chi connectivity index (χ1v) is 3.28. The van der Waals surface area contributed by atoms with Gasteiger partial charge in [-0.05, 0) is 0 Å². The summed E-state index contributed by atoms with van der Waals surface area (Å²) in [6.45, 7) is -0.972. The van der Waals surface area contributed by atoms with Crippen LogP contribution in [0.5, 0.6) is 0 Å². The van der Waals surface area contributed by atoms with Crippen molar-refractivity contribution in [2.24, 2.45) is 0 Å². The highest BCUT2D eigenvalue weighted by atomic mass is 32.2. The molecule has 0 aliphatic rings. The third kappa shape index (κ3) is 5.21. The highest BCUT2D eigenvalue weighted by molar-refractivity contribution is 7.84. The van der Waals surface area contributed by atoms with Gasteiger partial charge in [-0.3, -0.25) is 9.35 Å². The van der Waals surface area contributed by atoms with Crippen molar-refractivity contribution < 1.29 is 22.9 Å². The summed E-state index contributed by atoms with van der Waals surface area (Å²) >= 11 is 0. The standard InChI is InChI=1S/C2H5NO5S/c4-1-2(5)3-9(6,7)8/h4H,1H2,(H,3,5)(H,6,7,8). The lowest BCUT2D eigenvalue weighted by molar-refractivity contribution is -0.122. The number of aliphatic hydroxyl groups is 1. The van der Waals surface area contributed by atoms with E-state index in [2.05, 4.69) is 0 Å². The van der Waals surface area contributed by atoms with E-state index < -0.39 is 22.8 Å². The van der Waals surface area contributed by atoms with Crippen LogP contribution < -0.4 is 4.72 Å². The molecule has 0 aromatic rings. The maximum absolute atomic E-state index is 9.93. The van der Waals surface area contributed by atoms with E-state index >= 15 is 0 Å². The fourth-order valence-electron chi connectivity index (χ4n) is 0.176. The molecule has 0 unspecified atom stereocenters. The molecule has 9 heavy (non-hydrogen) atoms. The fraction of sp³-hybridized carbons (Fsp3) is 0.500. The monoisotopic (exact) mass is 155 g/mol. The summed E-state index contributed by atoms with van der Waals surface area (Å²) < 4.78 is 28.4. The Morgan fingerprint density at radius 3 is 2.11 bits per heavy atom. The van der Waals surface area contributed by atoms with Crippen molar-refractivity contribution >= 4 is 16.2 Å². The zero-order chi connectivity index (χ0) is 7.49. The first kappa shape index (κ1) is 8.34. The van der Waals surface area contributed by atoms with Crippen molar-refractivity contribution in [2.75, 3.05) is 6.61 Å². The van der Waals surface area contributed by atoms with Crippen LogP contribution in [0.2, 0.25) is 0 Å². The summed E-state index contributed by atoms with van der Waals surface area (Å²) in [7, 11) is -4.49. The van der Waals surface area contributed by atoms with Crippen LogP contribution >= 0.6 is 0 Å². The third-order valence-corrected chi connectivity index (χ3v) is 0.872. The average Bonchev–Trinajstić information content (AvgIpc) is 1.62. The molecule has 6 nitrogen and oxygen atoms in total. The maximum Gasteiger partial charge on any atom is 0.359 e. The van der Waals surface area contributed by atoms with Gasteiger partial charge < -0.3 is 5.11 Å². The summed E-state index contributed by atoms with van der Waals surface area (Å²) in [6, 6.07) is 0. The van der Waals surface area contributed by atoms with Crippen LogP contribution in [0.4, 0.5) is 0 Å². The molecule has 54 valence electrons. The summed E-state index contributed by atoms with van der Waals surface area (Å²) in [5.41, 5.74) is 0. The van der Waals surface area contributed by atoms with Crippen molar-refractivity contribution in [1.82, 2.24) is 4.72 Å². The predicted molar refractivity (Wildman–Crippen MR) is 26.8 cm³/mol. The lowest BCUT2D eigenvalue weighted by Crippen LogP contribution is -2.31. The average molecular weight is 155 g/mol. The minimum Gasteiger partial charge on any atom is -0.387 e. The Morgan fingerprint density at radius 2 is 2.00 bits per heavy atom. The lowest BCUT2D eigenvalue weighted by atomic mass is 10.7. The van der Waals surface area contributed by atoms with Gasteiger partial charge in [0.2, 0.25) is 0 Å². The number of amides is 1. The van der Waals surface area contributed by atoms with Crippen LogP contribution in [0.25, 0.3) is 0 Å². The molecular weight excluding hydrogens is 150 g/mol. The Balaban J connectivity index is 3.91. The van der Waals surface area contributed by atoms with E-state index in [1.54, 1.807) is 0 Å². The molecule has 0 bridgehead atoms. The zero-order valence-corrected chi connectivity index (χ0v) is 5.05. The maximum atomic E-state index is 9.93. The minimum absolute atomic E-state index is 0.972. The van der Waals surface area contributed by atoms with Crippen molar-refractivity contribution in [3.63, 3.8) is 0 Å². The van der Waals surface area contributed by atoms with Gasteiger partial charge in [0.05, 0.1) is 0 Å². The molecule has 0 rings (SSSR count). The highest BCUT2D eigenvalue weighted by Gasteiger charge is 2.06. The van der Waals surface area contributed by atoms with E-state index in [-0.39, 0.29) is 0 Å². The predicted octanol–water partition coefficient (Wildman–Crippen LogP) is -2.10. The zero-order valence-electron chi connectivity index (χ0n) is 4.23. The molecule has 0 atom stereocenters. The van der Waals surface area contributed by atoms with Crippen LogP contribution in [0.15, 0.2) is 0 Å². The van der Waals surface area contributed by atoms with E-state index in [9.17, 15) is 13.2 Å². The molecule has 0 spiro atoms. The molecule has 0 saturated heterocycles. The van der Waals surface area contributed by atoms with Gasteiger partial charge in [0, 0.05) is 0 Å². The van der Waals surface area contributed by atoms with Gasteiger partial charge in [0.1, 0.15) is 6.61 Å². The van der Waals surface area contributed by atoms with Crippen LogP contribution in [-0.2, 0) is 15.1 Å². The molecule has 1 amide bonds. The Kier molecular flexibility index (Phi) is 2.56. The fourth-order valence-corrected chi connectivity index (χ4v) is 0.528. The lowest BCUT2D eigenvalue weighted by Gasteiger charge is -1.94. The molecule has 3 N–H and O–H groups in total. The van der Waals surface area contributed by atoms with Gasteiger partial charge in [-0.25, -0.2) is 4.72 Å². The molecule has 0 radical (unpaired) electrons. The van der Waals surface area contributed by atoms with Crippen LogP contribution in [-0.4, -0.2) is 30.6 Å². The van der Waals surface area contributed by atoms with Gasteiger partial charge in [0.15, 0.2) is 0 Å². The molecule has 7 heteroatoms. The van der Waals surface area contributed by atoms with Gasteiger partial charge in [-0.1, -0.05) is 0 Å². The number of aliphatic hydroxyl groups excluding tert-OH is 1. The second-order valence-corrected chi connectivity index (χ2v) is 2.31. The Labute approximate surface area is 51.4 Å². The topological polar surface area (TPSA) is 104 Å². The second-order valence-electron chi connectivity index (χ2n) is 1.16. The van der Waals surface area contributed by atoms with E-state index in [4.69, 9.17) is 9.66 Å². The van der Waals surface area contributed by atoms with Gasteiger partial charge in [-0.15, -0.1) is 0 Å². The molecule has 0 aliphatic carbocycles. The molecular formula is C2H5NO5S. The molecule has 0 saturated carbocycles. The molecule has 0 aromatic heterocycles. The SMILES string of the molecule is O=C(CO)NS(=O)(=O)O. The van der Waals surface area contributed by atoms with Crippen molar-refractivity contribution in [2.45, 2.75) is 0 Å². The number of nitrogens with one attached hydrogen (secondary N) is 1. The number of hydrogen-bond donors (Lipinski definition) is 3. The van der Waals surface area contributed by atoms with E-state index in [0.717, 1.165) is 4.72 Å². The Morgan fingerprint density at radius 1 is 1.56 bits per heavy atom. The van der Waals surface area contributed by atoms with E-state index in [0.29, 0.717) is 0 Å². The summed E-state index contributed by atoms with van der Waals surface area (Å²) in [5.74, 6) is -1.17. The van der Waals surface area contributed by atoms with Crippen LogP contribution in [0.3, 0.4) is 0 Å². The molecule has 0 fully saturated rings. The first-order chi connectivity index (χ1) is 3.95. The largest absolute Gasteiger partial charge is 0.387 e. The third-order valence-electron chi connectivity index (χ3n) is 0.386. The van der Waals surface area contributed by atoms with Crippen LogP contribution in [0.1, 0.15) is 0 Å². The number of hydrogen-bond acceptors (Lipinski definition) is 4. The quantitative estimate of drug-likeness (QED) is 0.396. The molecule has 0 aromatic carbocycles. The normalized spacial score (nSPS) is 10.9. The smallest absolute Gasteiger partial charge is 0.359 e. The van der Waals surface area contributed by atoms with Crippen molar-refractivity contribution in [3.05, 3.63) is 0 Å². The molecule has 0 aliphatic heterocycles. The molecule has 0 heterocycles. The van der Waals surface area contributed by atoms with Gasteiger partial charge >= 0.3 is 10.3 Å². The Bertz CT molecular complexity index is 193. The van der Waals surface area contributed by atoms with E-state index in [1.807, 2.05) is 0 Å². The second kappa shape index (κ2) is 2.76. The number of carbonyl (C=O) groups is 1. The first-order valence-electron chi connectivity index (χ1n) is 1.84. The van der Waals surface area contributed by atoms with Gasteiger partial charge in [0.25, 0.3) is 5.91 Å². The summed E-state index contributed by atoms with van der Waals surface area (Å²) in [6.07, 6.45) is 0. The highest BCUT2D eigenvalue weighted by Crippen LogP contribution is 1.71. The summed E-state index contributed by atoms with van der Waals surface area (Å²) in [5, 5.41) is 7.91. The minimum atomic E-state index is -4.49.